The van der Waals surface area contributed by atoms with Crippen LogP contribution in [0.25, 0.3) is 0 Å². The number of rotatable bonds is 2. The minimum Gasteiger partial charge on any atom is -0.207 e. The summed E-state index contributed by atoms with van der Waals surface area (Å²) in [5.41, 5.74) is 1.07. The fourth-order valence-corrected chi connectivity index (χ4v) is 4.77. The summed E-state index contributed by atoms with van der Waals surface area (Å²) in [5, 5.41) is 0.0475. The molecule has 0 aromatic heterocycles. The van der Waals surface area contributed by atoms with Crippen LogP contribution in [-0.4, -0.2) is 30.4 Å². The first kappa shape index (κ1) is 12.0. The molecule has 0 spiro atoms. The molecule has 1 heterocycles. The molecule has 1 fully saturated rings. The third-order valence-corrected chi connectivity index (χ3v) is 5.98. The van der Waals surface area contributed by atoms with Crippen molar-refractivity contribution in [3.63, 3.8) is 0 Å². The molecule has 1 saturated heterocycles. The maximum atomic E-state index is 12.3. The third-order valence-electron chi connectivity index (χ3n) is 2.70. The van der Waals surface area contributed by atoms with Crippen LogP contribution in [0.1, 0.15) is 12.5 Å². The van der Waals surface area contributed by atoms with E-state index >= 15 is 0 Å². The van der Waals surface area contributed by atoms with E-state index in [9.17, 15) is 8.42 Å². The van der Waals surface area contributed by atoms with E-state index in [4.69, 9.17) is 0 Å². The molecule has 0 radical (unpaired) electrons. The SMILES string of the molecule is Cc1ccc(S(=O)(=O)N2CCS[C@@H]2C)cc1. The van der Waals surface area contributed by atoms with Crippen molar-refractivity contribution in [3.8, 4) is 0 Å². The van der Waals surface area contributed by atoms with Gasteiger partial charge in [0.1, 0.15) is 0 Å². The normalized spacial score (nSPS) is 22.5. The summed E-state index contributed by atoms with van der Waals surface area (Å²) in [6, 6.07) is 7.03. The van der Waals surface area contributed by atoms with Crippen LogP contribution in [-0.2, 0) is 10.0 Å². The Kier molecular flexibility index (Phi) is 3.28. The van der Waals surface area contributed by atoms with Crippen molar-refractivity contribution >= 4 is 21.8 Å². The Hall–Kier alpha value is -0.520. The van der Waals surface area contributed by atoms with Crippen LogP contribution >= 0.6 is 11.8 Å². The second-order valence-corrected chi connectivity index (χ2v) is 7.21. The molecule has 2 rings (SSSR count). The van der Waals surface area contributed by atoms with Gasteiger partial charge in [-0.05, 0) is 26.0 Å². The van der Waals surface area contributed by atoms with Crippen molar-refractivity contribution in [1.29, 1.82) is 0 Å². The second kappa shape index (κ2) is 4.39. The average Bonchev–Trinajstić information content (AvgIpc) is 2.66. The maximum Gasteiger partial charge on any atom is 0.244 e. The Morgan fingerprint density at radius 1 is 1.31 bits per heavy atom. The molecule has 5 heteroatoms. The highest BCUT2D eigenvalue weighted by atomic mass is 32.2. The molecule has 0 unspecified atom stereocenters. The van der Waals surface area contributed by atoms with Crippen molar-refractivity contribution in [2.24, 2.45) is 0 Å². The first-order valence-electron chi connectivity index (χ1n) is 5.22. The molecule has 88 valence electrons. The van der Waals surface area contributed by atoms with E-state index in [0.717, 1.165) is 11.3 Å². The van der Waals surface area contributed by atoms with E-state index < -0.39 is 10.0 Å². The number of aryl methyl sites for hydroxylation is 1. The monoisotopic (exact) mass is 257 g/mol. The lowest BCUT2D eigenvalue weighted by Crippen LogP contribution is -2.33. The molecule has 0 saturated carbocycles. The van der Waals surface area contributed by atoms with Gasteiger partial charge in [0.25, 0.3) is 0 Å². The zero-order valence-electron chi connectivity index (χ0n) is 9.38. The van der Waals surface area contributed by atoms with Gasteiger partial charge >= 0.3 is 0 Å². The van der Waals surface area contributed by atoms with Crippen molar-refractivity contribution in [2.75, 3.05) is 12.3 Å². The lowest BCUT2D eigenvalue weighted by atomic mass is 10.2. The largest absolute Gasteiger partial charge is 0.244 e. The average molecular weight is 257 g/mol. The molecular formula is C11H15NO2S2. The first-order valence-corrected chi connectivity index (χ1v) is 7.71. The van der Waals surface area contributed by atoms with E-state index in [1.54, 1.807) is 28.2 Å². The van der Waals surface area contributed by atoms with Gasteiger partial charge < -0.3 is 0 Å². The first-order chi connectivity index (χ1) is 7.51. The van der Waals surface area contributed by atoms with Crippen LogP contribution in [0, 0.1) is 6.92 Å². The minimum absolute atomic E-state index is 0.0475. The molecule has 0 N–H and O–H groups in total. The van der Waals surface area contributed by atoms with E-state index in [2.05, 4.69) is 0 Å². The highest BCUT2D eigenvalue weighted by Gasteiger charge is 2.32. The van der Waals surface area contributed by atoms with Crippen LogP contribution in [0.3, 0.4) is 0 Å². The molecule has 1 atom stereocenters. The summed E-state index contributed by atoms with van der Waals surface area (Å²) in [7, 11) is -3.29. The Morgan fingerprint density at radius 2 is 1.94 bits per heavy atom. The lowest BCUT2D eigenvalue weighted by Gasteiger charge is -2.19. The Balaban J connectivity index is 2.35. The Labute approximate surface area is 101 Å². The van der Waals surface area contributed by atoms with Gasteiger partial charge in [-0.2, -0.15) is 4.31 Å². The van der Waals surface area contributed by atoms with Crippen molar-refractivity contribution in [3.05, 3.63) is 29.8 Å². The Bertz CT molecular complexity index is 467. The van der Waals surface area contributed by atoms with Gasteiger partial charge in [-0.25, -0.2) is 8.42 Å². The van der Waals surface area contributed by atoms with Crippen LogP contribution < -0.4 is 0 Å². The molecule has 3 nitrogen and oxygen atoms in total. The number of benzene rings is 1. The molecule has 16 heavy (non-hydrogen) atoms. The molecule has 0 aliphatic carbocycles. The van der Waals surface area contributed by atoms with E-state index in [1.165, 1.54) is 0 Å². The standard InChI is InChI=1S/C11H15NO2S2/c1-9-3-5-11(6-4-9)16(13,14)12-7-8-15-10(12)2/h3-6,10H,7-8H2,1-2H3/t10-/m1/s1. The summed E-state index contributed by atoms with van der Waals surface area (Å²) in [6.45, 7) is 4.50. The third kappa shape index (κ3) is 2.12. The van der Waals surface area contributed by atoms with Crippen LogP contribution in [0.5, 0.6) is 0 Å². The number of thioether (sulfide) groups is 1. The molecule has 1 aromatic carbocycles. The molecular weight excluding hydrogens is 242 g/mol. The molecule has 0 bridgehead atoms. The summed E-state index contributed by atoms with van der Waals surface area (Å²) in [4.78, 5) is 0.396. The maximum absolute atomic E-state index is 12.3. The van der Waals surface area contributed by atoms with E-state index in [1.807, 2.05) is 26.0 Å². The fraction of sp³-hybridized carbons (Fsp3) is 0.455. The van der Waals surface area contributed by atoms with Gasteiger partial charge in [0.2, 0.25) is 10.0 Å². The van der Waals surface area contributed by atoms with Crippen molar-refractivity contribution < 1.29 is 8.42 Å². The smallest absolute Gasteiger partial charge is 0.207 e. The topological polar surface area (TPSA) is 37.4 Å². The summed E-state index contributed by atoms with van der Waals surface area (Å²) < 4.78 is 26.1. The van der Waals surface area contributed by atoms with E-state index in [0.29, 0.717) is 11.4 Å². The van der Waals surface area contributed by atoms with Crippen LogP contribution in [0.2, 0.25) is 0 Å². The van der Waals surface area contributed by atoms with Gasteiger partial charge in [-0.1, -0.05) is 17.7 Å². The van der Waals surface area contributed by atoms with Gasteiger partial charge in [0, 0.05) is 12.3 Å². The number of sulfonamides is 1. The summed E-state index contributed by atoms with van der Waals surface area (Å²) >= 11 is 1.68. The number of hydrogen-bond donors (Lipinski definition) is 0. The zero-order chi connectivity index (χ0) is 11.8. The summed E-state index contributed by atoms with van der Waals surface area (Å²) in [6.07, 6.45) is 0. The number of hydrogen-bond acceptors (Lipinski definition) is 3. The lowest BCUT2D eigenvalue weighted by molar-refractivity contribution is 0.442. The highest BCUT2D eigenvalue weighted by molar-refractivity contribution is 8.01. The van der Waals surface area contributed by atoms with Crippen molar-refractivity contribution in [1.82, 2.24) is 4.31 Å². The van der Waals surface area contributed by atoms with Crippen molar-refractivity contribution in [2.45, 2.75) is 24.1 Å². The Morgan fingerprint density at radius 3 is 2.44 bits per heavy atom. The quantitative estimate of drug-likeness (QED) is 0.814. The highest BCUT2D eigenvalue weighted by Crippen LogP contribution is 2.29. The molecule has 1 aliphatic heterocycles. The van der Waals surface area contributed by atoms with Crippen LogP contribution in [0.15, 0.2) is 29.2 Å². The number of nitrogens with zero attached hydrogens (tertiary/aromatic N) is 1. The minimum atomic E-state index is -3.29. The summed E-state index contributed by atoms with van der Waals surface area (Å²) in [5.74, 6) is 0.881. The zero-order valence-corrected chi connectivity index (χ0v) is 11.0. The molecule has 1 aromatic rings. The second-order valence-electron chi connectivity index (χ2n) is 3.90. The van der Waals surface area contributed by atoms with Gasteiger partial charge in [0.15, 0.2) is 0 Å². The predicted octanol–water partition coefficient (Wildman–Crippen LogP) is 2.08. The molecule has 1 aliphatic rings. The van der Waals surface area contributed by atoms with Gasteiger partial charge in [-0.3, -0.25) is 0 Å². The van der Waals surface area contributed by atoms with Crippen LogP contribution in [0.4, 0.5) is 0 Å². The fourth-order valence-electron chi connectivity index (χ4n) is 1.74. The van der Waals surface area contributed by atoms with E-state index in [-0.39, 0.29) is 5.37 Å². The van der Waals surface area contributed by atoms with Gasteiger partial charge in [0.05, 0.1) is 10.3 Å². The van der Waals surface area contributed by atoms with Gasteiger partial charge in [-0.15, -0.1) is 11.8 Å². The predicted molar refractivity (Wildman–Crippen MR) is 67.0 cm³/mol. The molecule has 0 amide bonds.